The Bertz CT molecular complexity index is 305. The third kappa shape index (κ3) is 5.26. The van der Waals surface area contributed by atoms with E-state index < -0.39 is 0 Å². The zero-order valence-corrected chi connectivity index (χ0v) is 13.7. The second-order valence-electron chi connectivity index (χ2n) is 6.33. The van der Waals surface area contributed by atoms with E-state index in [0.29, 0.717) is 24.4 Å². The second-order valence-corrected chi connectivity index (χ2v) is 7.48. The van der Waals surface area contributed by atoms with Crippen LogP contribution in [0.15, 0.2) is 0 Å². The normalized spacial score (nSPS) is 28.6. The van der Waals surface area contributed by atoms with Crippen molar-refractivity contribution in [3.05, 3.63) is 0 Å². The van der Waals surface area contributed by atoms with Crippen LogP contribution in [0.3, 0.4) is 0 Å². The molecule has 20 heavy (non-hydrogen) atoms. The molecule has 1 amide bonds. The number of piperidine rings is 1. The molecule has 2 N–H and O–H groups in total. The molecule has 0 saturated carbocycles. The molecule has 0 radical (unpaired) electrons. The van der Waals surface area contributed by atoms with E-state index in [1.807, 2.05) is 11.8 Å². The second kappa shape index (κ2) is 8.25. The number of rotatable bonds is 5. The fourth-order valence-corrected chi connectivity index (χ4v) is 3.99. The summed E-state index contributed by atoms with van der Waals surface area (Å²) in [4.78, 5) is 14.5. The Morgan fingerprint density at radius 1 is 1.50 bits per heavy atom. The maximum atomic E-state index is 12.0. The molecule has 2 saturated heterocycles. The monoisotopic (exact) mass is 299 g/mol. The minimum atomic E-state index is 0.215. The van der Waals surface area contributed by atoms with Crippen LogP contribution in [0.5, 0.6) is 0 Å². The fourth-order valence-electron chi connectivity index (χ4n) is 3.04. The lowest BCUT2D eigenvalue weighted by molar-refractivity contribution is -0.121. The number of carbonyl (C=O) groups excluding carboxylic acids is 1. The molecule has 0 aromatic rings. The summed E-state index contributed by atoms with van der Waals surface area (Å²) in [5.74, 6) is 3.08. The zero-order chi connectivity index (χ0) is 14.4. The molecule has 2 atom stereocenters. The molecule has 0 aromatic heterocycles. The lowest BCUT2D eigenvalue weighted by Crippen LogP contribution is -2.45. The summed E-state index contributed by atoms with van der Waals surface area (Å²) in [6.45, 7) is 8.75. The molecule has 2 fully saturated rings. The van der Waals surface area contributed by atoms with Crippen LogP contribution in [0.1, 0.15) is 33.1 Å². The van der Waals surface area contributed by atoms with Crippen LogP contribution in [-0.2, 0) is 4.79 Å². The lowest BCUT2D eigenvalue weighted by atomic mass is 9.97. The molecule has 116 valence electrons. The minimum absolute atomic E-state index is 0.215. The predicted octanol–water partition coefficient (Wildman–Crippen LogP) is 1.32. The smallest absolute Gasteiger partial charge is 0.221 e. The summed E-state index contributed by atoms with van der Waals surface area (Å²) in [7, 11) is 0. The first-order valence-corrected chi connectivity index (χ1v) is 9.12. The standard InChI is InChI=1S/C15H29N3OS/c1-12(2)18-6-3-4-13(10-18)9-17-15(19)8-14-11-20-7-5-16-14/h12-14,16H,3-11H2,1-2H3,(H,17,19). The third-order valence-electron chi connectivity index (χ3n) is 4.30. The van der Waals surface area contributed by atoms with Crippen molar-refractivity contribution in [1.29, 1.82) is 0 Å². The Kier molecular flexibility index (Phi) is 6.65. The summed E-state index contributed by atoms with van der Waals surface area (Å²) in [6.07, 6.45) is 3.15. The first-order chi connectivity index (χ1) is 9.65. The lowest BCUT2D eigenvalue weighted by Gasteiger charge is -2.35. The average Bonchev–Trinajstić information content (AvgIpc) is 2.46. The number of likely N-dealkylation sites (tertiary alicyclic amines) is 1. The summed E-state index contributed by atoms with van der Waals surface area (Å²) in [6, 6.07) is 0.990. The van der Waals surface area contributed by atoms with E-state index in [4.69, 9.17) is 0 Å². The Labute approximate surface area is 127 Å². The summed E-state index contributed by atoms with van der Waals surface area (Å²) in [5.41, 5.74) is 0. The van der Waals surface area contributed by atoms with Gasteiger partial charge in [-0.1, -0.05) is 0 Å². The minimum Gasteiger partial charge on any atom is -0.356 e. The molecular weight excluding hydrogens is 270 g/mol. The van der Waals surface area contributed by atoms with Gasteiger partial charge in [0.05, 0.1) is 0 Å². The molecule has 2 aliphatic rings. The largest absolute Gasteiger partial charge is 0.356 e. The predicted molar refractivity (Wildman–Crippen MR) is 86.2 cm³/mol. The molecule has 2 unspecified atom stereocenters. The molecule has 2 rings (SSSR count). The Morgan fingerprint density at radius 2 is 2.35 bits per heavy atom. The first kappa shape index (κ1) is 16.1. The van der Waals surface area contributed by atoms with Crippen LogP contribution < -0.4 is 10.6 Å². The number of hydrogen-bond donors (Lipinski definition) is 2. The average molecular weight is 299 g/mol. The van der Waals surface area contributed by atoms with Crippen LogP contribution in [0.4, 0.5) is 0 Å². The van der Waals surface area contributed by atoms with Gasteiger partial charge in [0, 0.05) is 49.6 Å². The molecule has 0 bridgehead atoms. The quantitative estimate of drug-likeness (QED) is 0.804. The van der Waals surface area contributed by atoms with Gasteiger partial charge in [-0.15, -0.1) is 0 Å². The zero-order valence-electron chi connectivity index (χ0n) is 12.9. The molecule has 5 heteroatoms. The first-order valence-electron chi connectivity index (χ1n) is 7.97. The fraction of sp³-hybridized carbons (Fsp3) is 0.933. The van der Waals surface area contributed by atoms with Crippen molar-refractivity contribution in [2.45, 2.75) is 45.2 Å². The van der Waals surface area contributed by atoms with Crippen molar-refractivity contribution in [3.63, 3.8) is 0 Å². The number of nitrogens with zero attached hydrogens (tertiary/aromatic N) is 1. The van der Waals surface area contributed by atoms with Crippen molar-refractivity contribution in [3.8, 4) is 0 Å². The highest BCUT2D eigenvalue weighted by molar-refractivity contribution is 7.99. The highest BCUT2D eigenvalue weighted by Gasteiger charge is 2.22. The molecule has 4 nitrogen and oxygen atoms in total. The van der Waals surface area contributed by atoms with E-state index in [-0.39, 0.29) is 5.91 Å². The number of nitrogens with one attached hydrogen (secondary N) is 2. The van der Waals surface area contributed by atoms with Crippen molar-refractivity contribution in [2.75, 3.05) is 37.7 Å². The SMILES string of the molecule is CC(C)N1CCCC(CNC(=O)CC2CSCCN2)C1. The van der Waals surface area contributed by atoms with Gasteiger partial charge < -0.3 is 15.5 Å². The van der Waals surface area contributed by atoms with E-state index in [1.165, 1.54) is 25.1 Å². The highest BCUT2D eigenvalue weighted by Crippen LogP contribution is 2.17. The van der Waals surface area contributed by atoms with Crippen molar-refractivity contribution >= 4 is 17.7 Å². The van der Waals surface area contributed by atoms with Gasteiger partial charge in [-0.2, -0.15) is 11.8 Å². The summed E-state index contributed by atoms with van der Waals surface area (Å²) >= 11 is 1.95. The Hall–Kier alpha value is -0.260. The van der Waals surface area contributed by atoms with Gasteiger partial charge in [0.15, 0.2) is 0 Å². The van der Waals surface area contributed by atoms with E-state index in [1.54, 1.807) is 0 Å². The van der Waals surface area contributed by atoms with Gasteiger partial charge in [0.25, 0.3) is 0 Å². The highest BCUT2D eigenvalue weighted by atomic mass is 32.2. The van der Waals surface area contributed by atoms with E-state index in [0.717, 1.165) is 25.4 Å². The molecule has 2 heterocycles. The molecule has 0 spiro atoms. The van der Waals surface area contributed by atoms with Crippen molar-refractivity contribution in [1.82, 2.24) is 15.5 Å². The molecule has 2 aliphatic heterocycles. The van der Waals surface area contributed by atoms with Crippen LogP contribution in [-0.4, -0.2) is 60.6 Å². The Balaban J connectivity index is 1.64. The van der Waals surface area contributed by atoms with Crippen LogP contribution in [0, 0.1) is 5.92 Å². The van der Waals surface area contributed by atoms with Crippen LogP contribution in [0.2, 0.25) is 0 Å². The van der Waals surface area contributed by atoms with Gasteiger partial charge in [-0.25, -0.2) is 0 Å². The van der Waals surface area contributed by atoms with Crippen molar-refractivity contribution in [2.24, 2.45) is 5.92 Å². The maximum absolute atomic E-state index is 12.0. The molecule has 0 aliphatic carbocycles. The van der Waals surface area contributed by atoms with Gasteiger partial charge in [-0.3, -0.25) is 4.79 Å². The third-order valence-corrected chi connectivity index (χ3v) is 5.43. The number of carbonyl (C=O) groups is 1. The van der Waals surface area contributed by atoms with E-state index in [2.05, 4.69) is 29.4 Å². The van der Waals surface area contributed by atoms with E-state index >= 15 is 0 Å². The molecule has 0 aromatic carbocycles. The maximum Gasteiger partial charge on any atom is 0.221 e. The molecular formula is C15H29N3OS. The van der Waals surface area contributed by atoms with Crippen molar-refractivity contribution < 1.29 is 4.79 Å². The van der Waals surface area contributed by atoms with Gasteiger partial charge in [0.2, 0.25) is 5.91 Å². The summed E-state index contributed by atoms with van der Waals surface area (Å²) < 4.78 is 0. The van der Waals surface area contributed by atoms with Gasteiger partial charge >= 0.3 is 0 Å². The summed E-state index contributed by atoms with van der Waals surface area (Å²) in [5, 5.41) is 6.56. The topological polar surface area (TPSA) is 44.4 Å². The van der Waals surface area contributed by atoms with Crippen LogP contribution in [0.25, 0.3) is 0 Å². The number of thioether (sulfide) groups is 1. The number of hydrogen-bond acceptors (Lipinski definition) is 4. The van der Waals surface area contributed by atoms with Gasteiger partial charge in [0.1, 0.15) is 0 Å². The van der Waals surface area contributed by atoms with Gasteiger partial charge in [-0.05, 0) is 39.2 Å². The van der Waals surface area contributed by atoms with E-state index in [9.17, 15) is 4.79 Å². The number of amides is 1. The Morgan fingerprint density at radius 3 is 3.05 bits per heavy atom. The van der Waals surface area contributed by atoms with Crippen LogP contribution >= 0.6 is 11.8 Å².